The Labute approximate surface area is 161 Å². The topological polar surface area (TPSA) is 3.24 Å². The molecule has 4 aromatic rings. The van der Waals surface area contributed by atoms with Gasteiger partial charge in [0, 0.05) is 17.1 Å². The van der Waals surface area contributed by atoms with Crippen molar-refractivity contribution in [2.75, 3.05) is 4.90 Å². The van der Waals surface area contributed by atoms with Gasteiger partial charge in [0.2, 0.25) is 0 Å². The number of hydrogen-bond donors (Lipinski definition) is 0. The molecule has 1 nitrogen and oxygen atoms in total. The van der Waals surface area contributed by atoms with Gasteiger partial charge >= 0.3 is 0 Å². The van der Waals surface area contributed by atoms with Crippen molar-refractivity contribution in [3.8, 4) is 11.1 Å². The summed E-state index contributed by atoms with van der Waals surface area (Å²) in [5.74, 6) is 0. The zero-order valence-electron chi connectivity index (χ0n) is 15.5. The van der Waals surface area contributed by atoms with Crippen molar-refractivity contribution in [3.63, 3.8) is 0 Å². The number of benzene rings is 4. The Morgan fingerprint density at radius 1 is 0.481 bits per heavy atom. The van der Waals surface area contributed by atoms with Crippen molar-refractivity contribution in [2.45, 2.75) is 13.3 Å². The molecule has 0 amide bonds. The zero-order chi connectivity index (χ0) is 18.5. The fourth-order valence-electron chi connectivity index (χ4n) is 3.34. The molecule has 0 aliphatic rings. The molecular formula is C26H23N. The molecule has 0 saturated carbocycles. The minimum Gasteiger partial charge on any atom is -0.311 e. The fourth-order valence-corrected chi connectivity index (χ4v) is 3.34. The van der Waals surface area contributed by atoms with Crippen LogP contribution >= 0.6 is 0 Å². The molecule has 0 bridgehead atoms. The van der Waals surface area contributed by atoms with Gasteiger partial charge in [0.05, 0.1) is 0 Å². The average molecular weight is 349 g/mol. The maximum absolute atomic E-state index is 2.28. The van der Waals surface area contributed by atoms with Crippen LogP contribution in [0.25, 0.3) is 11.1 Å². The molecule has 0 radical (unpaired) electrons. The SMILES string of the molecule is CCc1ccc(-c2ccc(N(c3ccccc3)c3ccccc3)cc2)cc1. The van der Waals surface area contributed by atoms with Crippen molar-refractivity contribution in [1.29, 1.82) is 0 Å². The third-order valence-electron chi connectivity index (χ3n) is 4.85. The largest absolute Gasteiger partial charge is 0.311 e. The van der Waals surface area contributed by atoms with E-state index in [1.54, 1.807) is 0 Å². The summed E-state index contributed by atoms with van der Waals surface area (Å²) in [4.78, 5) is 2.28. The molecule has 132 valence electrons. The maximum Gasteiger partial charge on any atom is 0.0462 e. The quantitative estimate of drug-likeness (QED) is 0.363. The number of hydrogen-bond acceptors (Lipinski definition) is 1. The second-order valence-electron chi connectivity index (χ2n) is 6.60. The molecule has 4 aromatic carbocycles. The van der Waals surface area contributed by atoms with E-state index in [-0.39, 0.29) is 0 Å². The first-order chi connectivity index (χ1) is 13.3. The van der Waals surface area contributed by atoms with Crippen molar-refractivity contribution in [3.05, 3.63) is 115 Å². The lowest BCUT2D eigenvalue weighted by Gasteiger charge is -2.25. The van der Waals surface area contributed by atoms with E-state index >= 15 is 0 Å². The van der Waals surface area contributed by atoms with Gasteiger partial charge in [-0.15, -0.1) is 0 Å². The van der Waals surface area contributed by atoms with Crippen LogP contribution in [0.2, 0.25) is 0 Å². The second-order valence-corrected chi connectivity index (χ2v) is 6.60. The van der Waals surface area contributed by atoms with Gasteiger partial charge in [-0.2, -0.15) is 0 Å². The van der Waals surface area contributed by atoms with E-state index in [0.717, 1.165) is 23.5 Å². The standard InChI is InChI=1S/C26H23N/c1-2-21-13-15-22(16-14-21)23-17-19-26(20-18-23)27(24-9-5-3-6-10-24)25-11-7-4-8-12-25/h3-20H,2H2,1H3. The summed E-state index contributed by atoms with van der Waals surface area (Å²) < 4.78 is 0. The Bertz CT molecular complexity index is 932. The minimum atomic E-state index is 1.07. The highest BCUT2D eigenvalue weighted by Gasteiger charge is 2.11. The smallest absolute Gasteiger partial charge is 0.0462 e. The van der Waals surface area contributed by atoms with E-state index in [1.807, 2.05) is 0 Å². The number of rotatable bonds is 5. The first-order valence-electron chi connectivity index (χ1n) is 9.45. The predicted octanol–water partition coefficient (Wildman–Crippen LogP) is 7.39. The Morgan fingerprint density at radius 3 is 1.33 bits per heavy atom. The summed E-state index contributed by atoms with van der Waals surface area (Å²) in [6, 6.07) is 38.6. The van der Waals surface area contributed by atoms with Gasteiger partial charge in [-0.05, 0) is 59.5 Å². The van der Waals surface area contributed by atoms with Gasteiger partial charge in [0.1, 0.15) is 0 Å². The first-order valence-corrected chi connectivity index (χ1v) is 9.45. The molecule has 0 fully saturated rings. The number of para-hydroxylation sites is 2. The fraction of sp³-hybridized carbons (Fsp3) is 0.0769. The van der Waals surface area contributed by atoms with Crippen LogP contribution in [0.4, 0.5) is 17.1 Å². The van der Waals surface area contributed by atoms with E-state index in [1.165, 1.54) is 16.7 Å². The molecule has 0 aliphatic heterocycles. The first kappa shape index (κ1) is 17.1. The molecule has 0 unspecified atom stereocenters. The predicted molar refractivity (Wildman–Crippen MR) is 116 cm³/mol. The molecule has 0 atom stereocenters. The molecule has 4 rings (SSSR count). The lowest BCUT2D eigenvalue weighted by Crippen LogP contribution is -2.09. The van der Waals surface area contributed by atoms with E-state index in [2.05, 4.69) is 121 Å². The van der Waals surface area contributed by atoms with Gasteiger partial charge in [0.25, 0.3) is 0 Å². The molecule has 0 N–H and O–H groups in total. The molecular weight excluding hydrogens is 326 g/mol. The van der Waals surface area contributed by atoms with Crippen molar-refractivity contribution >= 4 is 17.1 Å². The summed E-state index contributed by atoms with van der Waals surface area (Å²) in [5.41, 5.74) is 7.33. The van der Waals surface area contributed by atoms with E-state index in [0.29, 0.717) is 0 Å². The third kappa shape index (κ3) is 3.78. The molecule has 0 heterocycles. The number of aryl methyl sites for hydroxylation is 1. The molecule has 27 heavy (non-hydrogen) atoms. The van der Waals surface area contributed by atoms with Crippen LogP contribution in [-0.2, 0) is 6.42 Å². The Hall–Kier alpha value is -3.32. The highest BCUT2D eigenvalue weighted by molar-refractivity contribution is 5.78. The van der Waals surface area contributed by atoms with Gasteiger partial charge in [-0.1, -0.05) is 79.7 Å². The number of nitrogens with zero attached hydrogens (tertiary/aromatic N) is 1. The van der Waals surface area contributed by atoms with Crippen LogP contribution in [0.15, 0.2) is 109 Å². The molecule has 0 spiro atoms. The summed E-state index contributed by atoms with van der Waals surface area (Å²) in [5, 5.41) is 0. The average Bonchev–Trinajstić information content (AvgIpc) is 2.76. The number of anilines is 3. The van der Waals surface area contributed by atoms with E-state index in [9.17, 15) is 0 Å². The summed E-state index contributed by atoms with van der Waals surface area (Å²) in [6.45, 7) is 2.19. The van der Waals surface area contributed by atoms with Crippen molar-refractivity contribution in [1.82, 2.24) is 0 Å². The minimum absolute atomic E-state index is 1.07. The van der Waals surface area contributed by atoms with Gasteiger partial charge in [-0.25, -0.2) is 0 Å². The second kappa shape index (κ2) is 7.92. The Balaban J connectivity index is 1.70. The molecule has 1 heteroatoms. The molecule has 0 saturated heterocycles. The van der Waals surface area contributed by atoms with Crippen LogP contribution < -0.4 is 4.90 Å². The Morgan fingerprint density at radius 2 is 0.889 bits per heavy atom. The third-order valence-corrected chi connectivity index (χ3v) is 4.85. The van der Waals surface area contributed by atoms with Crippen LogP contribution in [-0.4, -0.2) is 0 Å². The zero-order valence-corrected chi connectivity index (χ0v) is 15.5. The summed E-state index contributed by atoms with van der Waals surface area (Å²) >= 11 is 0. The lowest BCUT2D eigenvalue weighted by molar-refractivity contribution is 1.14. The van der Waals surface area contributed by atoms with Gasteiger partial charge < -0.3 is 4.90 Å². The lowest BCUT2D eigenvalue weighted by atomic mass is 10.0. The van der Waals surface area contributed by atoms with Crippen LogP contribution in [0.3, 0.4) is 0 Å². The van der Waals surface area contributed by atoms with Crippen LogP contribution in [0.5, 0.6) is 0 Å². The van der Waals surface area contributed by atoms with Crippen LogP contribution in [0, 0.1) is 0 Å². The molecule has 0 aliphatic carbocycles. The van der Waals surface area contributed by atoms with Crippen molar-refractivity contribution in [2.24, 2.45) is 0 Å². The van der Waals surface area contributed by atoms with E-state index < -0.39 is 0 Å². The summed E-state index contributed by atoms with van der Waals surface area (Å²) in [7, 11) is 0. The van der Waals surface area contributed by atoms with Crippen LogP contribution in [0.1, 0.15) is 12.5 Å². The molecule has 0 aromatic heterocycles. The monoisotopic (exact) mass is 349 g/mol. The summed E-state index contributed by atoms with van der Waals surface area (Å²) in [6.07, 6.45) is 1.07. The highest BCUT2D eigenvalue weighted by Crippen LogP contribution is 2.35. The van der Waals surface area contributed by atoms with Crippen molar-refractivity contribution < 1.29 is 0 Å². The maximum atomic E-state index is 2.28. The van der Waals surface area contributed by atoms with Gasteiger partial charge in [0.15, 0.2) is 0 Å². The Kier molecular flexibility index (Phi) is 5.02. The van der Waals surface area contributed by atoms with Gasteiger partial charge in [-0.3, -0.25) is 0 Å². The normalized spacial score (nSPS) is 10.6. The highest BCUT2D eigenvalue weighted by atomic mass is 15.1. The van der Waals surface area contributed by atoms with E-state index in [4.69, 9.17) is 0 Å².